The lowest BCUT2D eigenvalue weighted by atomic mass is 9.94. The molecule has 2 rings (SSSR count). The number of aryl methyl sites for hydroxylation is 1. The van der Waals surface area contributed by atoms with E-state index in [-0.39, 0.29) is 0 Å². The van der Waals surface area contributed by atoms with Crippen LogP contribution in [0.15, 0.2) is 5.38 Å². The molecule has 1 fully saturated rings. The molecule has 17 heavy (non-hydrogen) atoms. The summed E-state index contributed by atoms with van der Waals surface area (Å²) in [4.78, 5) is 4.52. The fourth-order valence-electron chi connectivity index (χ4n) is 2.35. The standard InChI is InChI=1S/C13H23N3S/c1-9-4-5-14-12(6-9)7-15-11(3)13-16-10(2)8-17-13/h8-9,11-12,14-15H,4-7H2,1-3H3. The van der Waals surface area contributed by atoms with Crippen LogP contribution in [0, 0.1) is 12.8 Å². The van der Waals surface area contributed by atoms with E-state index in [1.165, 1.54) is 17.8 Å². The molecule has 96 valence electrons. The Morgan fingerprint density at radius 1 is 1.65 bits per heavy atom. The lowest BCUT2D eigenvalue weighted by Gasteiger charge is -2.29. The van der Waals surface area contributed by atoms with E-state index in [9.17, 15) is 0 Å². The highest BCUT2D eigenvalue weighted by molar-refractivity contribution is 7.09. The number of thiazole rings is 1. The first kappa shape index (κ1) is 13.0. The molecule has 0 bridgehead atoms. The number of piperidine rings is 1. The van der Waals surface area contributed by atoms with E-state index >= 15 is 0 Å². The van der Waals surface area contributed by atoms with Crippen LogP contribution in [-0.2, 0) is 0 Å². The van der Waals surface area contributed by atoms with Gasteiger partial charge >= 0.3 is 0 Å². The number of hydrogen-bond acceptors (Lipinski definition) is 4. The molecule has 1 saturated heterocycles. The van der Waals surface area contributed by atoms with Crippen LogP contribution in [0.4, 0.5) is 0 Å². The first-order chi connectivity index (χ1) is 8.15. The SMILES string of the molecule is Cc1csc(C(C)NCC2CC(C)CCN2)n1. The van der Waals surface area contributed by atoms with E-state index in [0.29, 0.717) is 12.1 Å². The van der Waals surface area contributed by atoms with Crippen molar-refractivity contribution in [2.75, 3.05) is 13.1 Å². The van der Waals surface area contributed by atoms with Gasteiger partial charge < -0.3 is 10.6 Å². The van der Waals surface area contributed by atoms with Crippen LogP contribution in [0.25, 0.3) is 0 Å². The summed E-state index contributed by atoms with van der Waals surface area (Å²) in [6.45, 7) is 8.81. The molecule has 0 aromatic carbocycles. The minimum atomic E-state index is 0.368. The Labute approximate surface area is 108 Å². The first-order valence-corrected chi connectivity index (χ1v) is 7.42. The highest BCUT2D eigenvalue weighted by Crippen LogP contribution is 2.19. The summed E-state index contributed by atoms with van der Waals surface area (Å²) in [6.07, 6.45) is 2.61. The highest BCUT2D eigenvalue weighted by atomic mass is 32.1. The lowest BCUT2D eigenvalue weighted by Crippen LogP contribution is -2.44. The zero-order chi connectivity index (χ0) is 12.3. The first-order valence-electron chi connectivity index (χ1n) is 6.54. The number of rotatable bonds is 4. The summed E-state index contributed by atoms with van der Waals surface area (Å²) in [5.41, 5.74) is 1.13. The van der Waals surface area contributed by atoms with Crippen LogP contribution in [0.3, 0.4) is 0 Å². The predicted octanol–water partition coefficient (Wildman–Crippen LogP) is 2.49. The highest BCUT2D eigenvalue weighted by Gasteiger charge is 2.19. The van der Waals surface area contributed by atoms with Gasteiger partial charge in [-0.1, -0.05) is 6.92 Å². The fourth-order valence-corrected chi connectivity index (χ4v) is 3.18. The van der Waals surface area contributed by atoms with Crippen LogP contribution >= 0.6 is 11.3 Å². The van der Waals surface area contributed by atoms with Crippen molar-refractivity contribution in [3.8, 4) is 0 Å². The number of hydrogen-bond donors (Lipinski definition) is 2. The third-order valence-corrected chi connectivity index (χ3v) is 4.58. The Kier molecular flexibility index (Phi) is 4.54. The van der Waals surface area contributed by atoms with Crippen molar-refractivity contribution in [2.24, 2.45) is 5.92 Å². The van der Waals surface area contributed by atoms with Crippen LogP contribution in [-0.4, -0.2) is 24.1 Å². The molecule has 4 heteroatoms. The molecular formula is C13H23N3S. The van der Waals surface area contributed by atoms with Gasteiger partial charge in [-0.05, 0) is 39.2 Å². The Bertz CT molecular complexity index is 350. The molecule has 0 radical (unpaired) electrons. The largest absolute Gasteiger partial charge is 0.313 e. The second-order valence-corrected chi connectivity index (χ2v) is 6.13. The van der Waals surface area contributed by atoms with E-state index in [2.05, 4.69) is 41.8 Å². The molecule has 3 unspecified atom stereocenters. The second-order valence-electron chi connectivity index (χ2n) is 5.24. The molecule has 0 aliphatic carbocycles. The second kappa shape index (κ2) is 5.94. The van der Waals surface area contributed by atoms with E-state index in [0.717, 1.165) is 24.7 Å². The molecule has 0 amide bonds. The smallest absolute Gasteiger partial charge is 0.110 e. The quantitative estimate of drug-likeness (QED) is 0.865. The Hall–Kier alpha value is -0.450. The van der Waals surface area contributed by atoms with Crippen molar-refractivity contribution in [2.45, 2.75) is 45.7 Å². The number of nitrogens with zero attached hydrogens (tertiary/aromatic N) is 1. The van der Waals surface area contributed by atoms with Gasteiger partial charge in [-0.3, -0.25) is 0 Å². The molecule has 1 aromatic heterocycles. The maximum Gasteiger partial charge on any atom is 0.110 e. The summed E-state index contributed by atoms with van der Waals surface area (Å²) in [7, 11) is 0. The van der Waals surface area contributed by atoms with Crippen molar-refractivity contribution in [1.29, 1.82) is 0 Å². The zero-order valence-electron chi connectivity index (χ0n) is 11.0. The topological polar surface area (TPSA) is 37.0 Å². The van der Waals surface area contributed by atoms with Crippen molar-refractivity contribution >= 4 is 11.3 Å². The van der Waals surface area contributed by atoms with Gasteiger partial charge in [-0.15, -0.1) is 11.3 Å². The molecule has 1 aromatic rings. The van der Waals surface area contributed by atoms with Crippen molar-refractivity contribution in [3.05, 3.63) is 16.1 Å². The van der Waals surface area contributed by atoms with E-state index in [1.54, 1.807) is 11.3 Å². The maximum absolute atomic E-state index is 4.52. The summed E-state index contributed by atoms with van der Waals surface area (Å²) in [5, 5.41) is 10.5. The summed E-state index contributed by atoms with van der Waals surface area (Å²) in [5.74, 6) is 0.862. The van der Waals surface area contributed by atoms with Gasteiger partial charge in [0.1, 0.15) is 5.01 Å². The molecule has 3 atom stereocenters. The van der Waals surface area contributed by atoms with Crippen molar-refractivity contribution in [1.82, 2.24) is 15.6 Å². The van der Waals surface area contributed by atoms with Crippen molar-refractivity contribution in [3.63, 3.8) is 0 Å². The van der Waals surface area contributed by atoms with Gasteiger partial charge in [0, 0.05) is 23.7 Å². The van der Waals surface area contributed by atoms with Crippen LogP contribution in [0.2, 0.25) is 0 Å². The van der Waals surface area contributed by atoms with Gasteiger partial charge in [-0.2, -0.15) is 0 Å². The van der Waals surface area contributed by atoms with Gasteiger partial charge in [0.05, 0.1) is 6.04 Å². The van der Waals surface area contributed by atoms with Crippen LogP contribution in [0.5, 0.6) is 0 Å². The Morgan fingerprint density at radius 2 is 2.47 bits per heavy atom. The molecular weight excluding hydrogens is 230 g/mol. The lowest BCUT2D eigenvalue weighted by molar-refractivity contribution is 0.305. The van der Waals surface area contributed by atoms with Gasteiger partial charge in [-0.25, -0.2) is 4.98 Å². The molecule has 0 spiro atoms. The number of aromatic nitrogens is 1. The van der Waals surface area contributed by atoms with Gasteiger partial charge in [0.2, 0.25) is 0 Å². The van der Waals surface area contributed by atoms with E-state index in [4.69, 9.17) is 0 Å². The zero-order valence-corrected chi connectivity index (χ0v) is 11.8. The Morgan fingerprint density at radius 3 is 3.12 bits per heavy atom. The maximum atomic E-state index is 4.52. The molecule has 1 aliphatic heterocycles. The average Bonchev–Trinajstić information content (AvgIpc) is 2.73. The van der Waals surface area contributed by atoms with Crippen LogP contribution in [0.1, 0.15) is 43.4 Å². The molecule has 2 N–H and O–H groups in total. The third kappa shape index (κ3) is 3.76. The summed E-state index contributed by atoms with van der Waals surface area (Å²) in [6, 6.07) is 0.995. The predicted molar refractivity (Wildman–Crippen MR) is 73.5 cm³/mol. The minimum Gasteiger partial charge on any atom is -0.313 e. The minimum absolute atomic E-state index is 0.368. The van der Waals surface area contributed by atoms with Crippen molar-refractivity contribution < 1.29 is 0 Å². The van der Waals surface area contributed by atoms with E-state index < -0.39 is 0 Å². The molecule has 1 aliphatic rings. The number of nitrogens with one attached hydrogen (secondary N) is 2. The summed E-state index contributed by atoms with van der Waals surface area (Å²) >= 11 is 1.75. The fraction of sp³-hybridized carbons (Fsp3) is 0.769. The average molecular weight is 253 g/mol. The molecule has 2 heterocycles. The molecule has 3 nitrogen and oxygen atoms in total. The van der Waals surface area contributed by atoms with E-state index in [1.807, 2.05) is 0 Å². The third-order valence-electron chi connectivity index (χ3n) is 3.43. The normalized spacial score (nSPS) is 27.0. The summed E-state index contributed by atoms with van der Waals surface area (Å²) < 4.78 is 0. The van der Waals surface area contributed by atoms with Gasteiger partial charge in [0.25, 0.3) is 0 Å². The van der Waals surface area contributed by atoms with Gasteiger partial charge in [0.15, 0.2) is 0 Å². The monoisotopic (exact) mass is 253 g/mol. The van der Waals surface area contributed by atoms with Crippen LogP contribution < -0.4 is 10.6 Å². The Balaban J connectivity index is 1.77. The molecule has 0 saturated carbocycles.